The number of benzene rings is 1. The number of hydrogen-bond acceptors (Lipinski definition) is 4. The molecular formula is C20H29N3O4S. The van der Waals surface area contributed by atoms with E-state index < -0.39 is 22.1 Å². The Bertz CT molecular complexity index is 851. The van der Waals surface area contributed by atoms with Gasteiger partial charge in [-0.25, -0.2) is 8.42 Å². The fourth-order valence-corrected chi connectivity index (χ4v) is 5.53. The summed E-state index contributed by atoms with van der Waals surface area (Å²) in [6, 6.07) is 5.14. The van der Waals surface area contributed by atoms with Crippen LogP contribution in [0.3, 0.4) is 0 Å². The van der Waals surface area contributed by atoms with Gasteiger partial charge in [0.15, 0.2) is 0 Å². The second-order valence-electron chi connectivity index (χ2n) is 7.97. The highest BCUT2D eigenvalue weighted by atomic mass is 32.2. The van der Waals surface area contributed by atoms with Crippen LogP contribution in [-0.4, -0.2) is 72.6 Å². The lowest BCUT2D eigenvalue weighted by Gasteiger charge is -2.48. The third-order valence-electron chi connectivity index (χ3n) is 5.53. The summed E-state index contributed by atoms with van der Waals surface area (Å²) < 4.78 is 27.6. The smallest absolute Gasteiger partial charge is 0.246 e. The molecule has 2 aliphatic rings. The minimum atomic E-state index is -3.87. The largest absolute Gasteiger partial charge is 0.339 e. The molecule has 28 heavy (non-hydrogen) atoms. The molecule has 2 fully saturated rings. The average Bonchev–Trinajstić information content (AvgIpc) is 2.66. The van der Waals surface area contributed by atoms with Gasteiger partial charge in [-0.1, -0.05) is 32.9 Å². The van der Waals surface area contributed by atoms with E-state index >= 15 is 0 Å². The van der Waals surface area contributed by atoms with Crippen LogP contribution in [0.2, 0.25) is 0 Å². The van der Waals surface area contributed by atoms with Crippen LogP contribution >= 0.6 is 0 Å². The number of aryl methyl sites for hydroxylation is 1. The monoisotopic (exact) mass is 407 g/mol. The normalized spacial score (nSPS) is 24.0. The van der Waals surface area contributed by atoms with Gasteiger partial charge in [-0.05, 0) is 37.0 Å². The van der Waals surface area contributed by atoms with Crippen LogP contribution in [0, 0.1) is 5.92 Å². The molecule has 0 aromatic heterocycles. The number of rotatable bonds is 5. The van der Waals surface area contributed by atoms with E-state index in [1.54, 1.807) is 41.0 Å². The lowest BCUT2D eigenvalue weighted by molar-refractivity contribution is -0.158. The molecule has 0 bridgehead atoms. The zero-order chi connectivity index (χ0) is 20.6. The molecule has 1 aromatic carbocycles. The molecule has 2 heterocycles. The average molecular weight is 408 g/mol. The Hall–Kier alpha value is -1.93. The van der Waals surface area contributed by atoms with Gasteiger partial charge in [0.25, 0.3) is 0 Å². The van der Waals surface area contributed by atoms with Crippen molar-refractivity contribution in [3.63, 3.8) is 0 Å². The van der Waals surface area contributed by atoms with E-state index in [0.717, 1.165) is 12.0 Å². The third kappa shape index (κ3) is 3.67. The zero-order valence-electron chi connectivity index (χ0n) is 17.0. The summed E-state index contributed by atoms with van der Waals surface area (Å²) in [6.07, 6.45) is 0.816. The Morgan fingerprint density at radius 1 is 1.07 bits per heavy atom. The summed E-state index contributed by atoms with van der Waals surface area (Å²) in [7, 11) is -3.87. The molecule has 0 aliphatic carbocycles. The first-order chi connectivity index (χ1) is 13.2. The van der Waals surface area contributed by atoms with Gasteiger partial charge in [0, 0.05) is 26.2 Å². The van der Waals surface area contributed by atoms with E-state index in [9.17, 15) is 18.0 Å². The van der Waals surface area contributed by atoms with Crippen molar-refractivity contribution in [1.82, 2.24) is 14.1 Å². The number of carbonyl (C=O) groups is 2. The van der Waals surface area contributed by atoms with Gasteiger partial charge in [0.2, 0.25) is 21.8 Å². The molecule has 2 saturated heterocycles. The van der Waals surface area contributed by atoms with Crippen molar-refractivity contribution in [1.29, 1.82) is 0 Å². The van der Waals surface area contributed by atoms with Gasteiger partial charge in [0.1, 0.15) is 12.1 Å². The molecule has 0 N–H and O–H groups in total. The highest BCUT2D eigenvalue weighted by molar-refractivity contribution is 7.89. The Labute approximate surface area is 167 Å². The van der Waals surface area contributed by atoms with Crippen molar-refractivity contribution >= 4 is 21.8 Å². The van der Waals surface area contributed by atoms with Gasteiger partial charge in [-0.2, -0.15) is 4.31 Å². The fourth-order valence-electron chi connectivity index (χ4n) is 3.93. The number of amides is 2. The number of piperazine rings is 2. The molecule has 2 amide bonds. The highest BCUT2D eigenvalue weighted by Crippen LogP contribution is 2.28. The predicted octanol–water partition coefficient (Wildman–Crippen LogP) is 1.34. The van der Waals surface area contributed by atoms with Gasteiger partial charge in [-0.15, -0.1) is 0 Å². The third-order valence-corrected chi connectivity index (χ3v) is 7.48. The van der Waals surface area contributed by atoms with Crippen molar-refractivity contribution in [2.24, 2.45) is 5.92 Å². The minimum Gasteiger partial charge on any atom is -0.339 e. The number of hydrogen-bond donors (Lipinski definition) is 0. The highest BCUT2D eigenvalue weighted by Gasteiger charge is 2.49. The van der Waals surface area contributed by atoms with Crippen molar-refractivity contribution < 1.29 is 18.0 Å². The number of fused-ring (bicyclic) bond motifs is 1. The molecule has 8 heteroatoms. The van der Waals surface area contributed by atoms with Gasteiger partial charge >= 0.3 is 0 Å². The summed E-state index contributed by atoms with van der Waals surface area (Å²) in [5.74, 6) is -0.157. The van der Waals surface area contributed by atoms with E-state index in [-0.39, 0.29) is 23.3 Å². The SMILES string of the molecule is CCc1ccc(S(=O)(=O)N2CC3C(=O)N(CC(C)C)CCN3C(=O)C2C)cc1. The van der Waals surface area contributed by atoms with Crippen molar-refractivity contribution in [3.8, 4) is 0 Å². The molecule has 2 unspecified atom stereocenters. The summed E-state index contributed by atoms with van der Waals surface area (Å²) in [4.78, 5) is 29.3. The van der Waals surface area contributed by atoms with Crippen molar-refractivity contribution in [3.05, 3.63) is 29.8 Å². The van der Waals surface area contributed by atoms with E-state index in [1.807, 2.05) is 20.8 Å². The molecule has 0 spiro atoms. The summed E-state index contributed by atoms with van der Waals surface area (Å²) in [5, 5.41) is 0. The Kier molecular flexibility index (Phi) is 5.82. The maximum Gasteiger partial charge on any atom is 0.246 e. The molecule has 2 aliphatic heterocycles. The number of sulfonamides is 1. The molecule has 0 radical (unpaired) electrons. The minimum absolute atomic E-state index is 0.00179. The lowest BCUT2D eigenvalue weighted by Crippen LogP contribution is -2.69. The summed E-state index contributed by atoms with van der Waals surface area (Å²) in [6.45, 7) is 9.22. The predicted molar refractivity (Wildman–Crippen MR) is 106 cm³/mol. The van der Waals surface area contributed by atoms with E-state index in [2.05, 4.69) is 0 Å². The van der Waals surface area contributed by atoms with Crippen LogP contribution in [0.5, 0.6) is 0 Å². The van der Waals surface area contributed by atoms with E-state index in [0.29, 0.717) is 25.6 Å². The van der Waals surface area contributed by atoms with E-state index in [1.165, 1.54) is 4.31 Å². The molecule has 3 rings (SSSR count). The van der Waals surface area contributed by atoms with Gasteiger partial charge < -0.3 is 9.80 Å². The second kappa shape index (κ2) is 7.83. The summed E-state index contributed by atoms with van der Waals surface area (Å²) in [5.41, 5.74) is 1.04. The molecule has 2 atom stereocenters. The van der Waals surface area contributed by atoms with Crippen LogP contribution < -0.4 is 0 Å². The topological polar surface area (TPSA) is 78.0 Å². The maximum absolute atomic E-state index is 13.2. The van der Waals surface area contributed by atoms with Crippen molar-refractivity contribution in [2.75, 3.05) is 26.2 Å². The molecule has 1 aromatic rings. The lowest BCUT2D eigenvalue weighted by atomic mass is 10.0. The maximum atomic E-state index is 13.2. The molecule has 154 valence electrons. The molecule has 0 saturated carbocycles. The van der Waals surface area contributed by atoms with Crippen LogP contribution in [0.15, 0.2) is 29.2 Å². The zero-order valence-corrected chi connectivity index (χ0v) is 17.8. The first kappa shape index (κ1) is 20.8. The van der Waals surface area contributed by atoms with Gasteiger partial charge in [-0.3, -0.25) is 9.59 Å². The Morgan fingerprint density at radius 3 is 2.29 bits per heavy atom. The Morgan fingerprint density at radius 2 is 1.71 bits per heavy atom. The molecular weight excluding hydrogens is 378 g/mol. The van der Waals surface area contributed by atoms with Crippen LogP contribution in [-0.2, 0) is 26.0 Å². The fraction of sp³-hybridized carbons (Fsp3) is 0.600. The standard InChI is InChI=1S/C20H29N3O4S/c1-5-16-6-8-17(9-7-16)28(26,27)23-13-18-20(25)21(12-14(2)3)10-11-22(18)19(24)15(23)4/h6-9,14-15,18H,5,10-13H2,1-4H3. The summed E-state index contributed by atoms with van der Waals surface area (Å²) >= 11 is 0. The van der Waals surface area contributed by atoms with Crippen LogP contribution in [0.1, 0.15) is 33.3 Å². The quantitative estimate of drug-likeness (QED) is 0.738. The van der Waals surface area contributed by atoms with Crippen molar-refractivity contribution in [2.45, 2.75) is 51.1 Å². The first-order valence-electron chi connectivity index (χ1n) is 9.86. The van der Waals surface area contributed by atoms with Crippen LogP contribution in [0.4, 0.5) is 0 Å². The first-order valence-corrected chi connectivity index (χ1v) is 11.3. The Balaban J connectivity index is 1.89. The second-order valence-corrected chi connectivity index (χ2v) is 9.86. The van der Waals surface area contributed by atoms with Gasteiger partial charge in [0.05, 0.1) is 4.90 Å². The number of carbonyl (C=O) groups excluding carboxylic acids is 2. The molecule has 7 nitrogen and oxygen atoms in total. The van der Waals surface area contributed by atoms with E-state index in [4.69, 9.17) is 0 Å². The van der Waals surface area contributed by atoms with Crippen LogP contribution in [0.25, 0.3) is 0 Å². The number of nitrogens with zero attached hydrogens (tertiary/aromatic N) is 3.